The first-order chi connectivity index (χ1) is 5.77. The van der Waals surface area contributed by atoms with Gasteiger partial charge >= 0.3 is 6.09 Å². The molecule has 4 nitrogen and oxygen atoms in total. The molecule has 2 aliphatic rings. The van der Waals surface area contributed by atoms with Crippen LogP contribution in [0.2, 0.25) is 0 Å². The van der Waals surface area contributed by atoms with Crippen molar-refractivity contribution < 1.29 is 9.53 Å². The molecule has 1 atom stereocenters. The van der Waals surface area contributed by atoms with Gasteiger partial charge in [-0.25, -0.2) is 10.2 Å². The van der Waals surface area contributed by atoms with Crippen molar-refractivity contribution in [1.29, 1.82) is 0 Å². The van der Waals surface area contributed by atoms with Gasteiger partial charge in [-0.15, -0.1) is 0 Å². The molecule has 0 heterocycles. The maximum absolute atomic E-state index is 10.8. The van der Waals surface area contributed by atoms with Gasteiger partial charge in [0.1, 0.15) is 0 Å². The van der Waals surface area contributed by atoms with E-state index in [4.69, 9.17) is 4.74 Å². The van der Waals surface area contributed by atoms with E-state index in [2.05, 4.69) is 10.9 Å². The molecule has 0 aromatic rings. The molecule has 4 heteroatoms. The van der Waals surface area contributed by atoms with Crippen LogP contribution in [0.5, 0.6) is 0 Å². The van der Waals surface area contributed by atoms with Crippen molar-refractivity contribution in [1.82, 2.24) is 10.9 Å². The van der Waals surface area contributed by atoms with Crippen molar-refractivity contribution in [3.8, 4) is 0 Å². The third kappa shape index (κ3) is 1.39. The lowest BCUT2D eigenvalue weighted by atomic mass is 10.4. The van der Waals surface area contributed by atoms with E-state index < -0.39 is 0 Å². The Morgan fingerprint density at radius 1 is 1.67 bits per heavy atom. The van der Waals surface area contributed by atoms with Crippen molar-refractivity contribution in [2.75, 3.05) is 6.61 Å². The van der Waals surface area contributed by atoms with Gasteiger partial charge in [-0.2, -0.15) is 0 Å². The van der Waals surface area contributed by atoms with Crippen LogP contribution in [0.25, 0.3) is 0 Å². The zero-order valence-electron chi connectivity index (χ0n) is 7.22. The van der Waals surface area contributed by atoms with Crippen LogP contribution < -0.4 is 10.9 Å². The van der Waals surface area contributed by atoms with E-state index >= 15 is 0 Å². The van der Waals surface area contributed by atoms with Crippen LogP contribution >= 0.6 is 0 Å². The van der Waals surface area contributed by atoms with Gasteiger partial charge in [0, 0.05) is 6.04 Å². The molecule has 2 rings (SSSR count). The Hall–Kier alpha value is -0.770. The van der Waals surface area contributed by atoms with Crippen molar-refractivity contribution in [2.24, 2.45) is 5.41 Å². The Kier molecular flexibility index (Phi) is 1.72. The first-order valence-electron chi connectivity index (χ1n) is 4.45. The molecular formula is C8H14N2O2. The number of nitrogens with one attached hydrogen (secondary N) is 2. The molecule has 1 spiro atoms. The lowest BCUT2D eigenvalue weighted by molar-refractivity contribution is 0.146. The number of hydrogen-bond donors (Lipinski definition) is 2. The average molecular weight is 170 g/mol. The third-order valence-electron chi connectivity index (χ3n) is 2.71. The average Bonchev–Trinajstić information content (AvgIpc) is 2.91. The molecule has 2 N–H and O–H groups in total. The van der Waals surface area contributed by atoms with Gasteiger partial charge in [0.05, 0.1) is 6.61 Å². The number of rotatable bonds is 3. The summed E-state index contributed by atoms with van der Waals surface area (Å²) in [6.07, 6.45) is 3.46. The summed E-state index contributed by atoms with van der Waals surface area (Å²) >= 11 is 0. The van der Waals surface area contributed by atoms with Gasteiger partial charge in [-0.1, -0.05) is 0 Å². The van der Waals surface area contributed by atoms with Gasteiger partial charge in [-0.3, -0.25) is 5.43 Å². The molecule has 2 fully saturated rings. The van der Waals surface area contributed by atoms with Crippen LogP contribution in [-0.4, -0.2) is 18.7 Å². The molecule has 0 aromatic carbocycles. The minimum atomic E-state index is -0.375. The van der Waals surface area contributed by atoms with Gasteiger partial charge in [0.25, 0.3) is 0 Å². The molecule has 0 radical (unpaired) electrons. The summed E-state index contributed by atoms with van der Waals surface area (Å²) in [4.78, 5) is 10.8. The fraction of sp³-hybridized carbons (Fsp3) is 0.875. The third-order valence-corrected chi connectivity index (χ3v) is 2.71. The largest absolute Gasteiger partial charge is 0.449 e. The SMILES string of the molecule is CCOC(=O)NNC1CC12CC2. The molecule has 0 aromatic heterocycles. The number of amides is 1. The second kappa shape index (κ2) is 2.62. The van der Waals surface area contributed by atoms with Crippen molar-refractivity contribution in [3.63, 3.8) is 0 Å². The van der Waals surface area contributed by atoms with Crippen molar-refractivity contribution in [2.45, 2.75) is 32.2 Å². The highest BCUT2D eigenvalue weighted by atomic mass is 16.5. The summed E-state index contributed by atoms with van der Waals surface area (Å²) in [5, 5.41) is 0. The smallest absolute Gasteiger partial charge is 0.421 e. The highest BCUT2D eigenvalue weighted by molar-refractivity contribution is 5.66. The molecule has 0 aliphatic heterocycles. The Bertz CT molecular complexity index is 201. The Morgan fingerprint density at radius 3 is 2.92 bits per heavy atom. The standard InChI is InChI=1S/C8H14N2O2/c1-2-12-7(11)10-9-6-5-8(6)3-4-8/h6,9H,2-5H2,1H3,(H,10,11). The molecule has 68 valence electrons. The first kappa shape index (κ1) is 7.86. The number of carbonyl (C=O) groups is 1. The monoisotopic (exact) mass is 170 g/mol. The quantitative estimate of drug-likeness (QED) is 0.616. The van der Waals surface area contributed by atoms with Gasteiger partial charge in [0.15, 0.2) is 0 Å². The molecule has 2 saturated carbocycles. The van der Waals surface area contributed by atoms with Crippen LogP contribution in [0.15, 0.2) is 0 Å². The lowest BCUT2D eigenvalue weighted by Crippen LogP contribution is -2.40. The molecule has 0 bridgehead atoms. The first-order valence-corrected chi connectivity index (χ1v) is 4.45. The molecule has 1 amide bonds. The number of ether oxygens (including phenoxy) is 1. The van der Waals surface area contributed by atoms with Crippen LogP contribution in [0.1, 0.15) is 26.2 Å². The van der Waals surface area contributed by atoms with Crippen LogP contribution in [-0.2, 0) is 4.74 Å². The van der Waals surface area contributed by atoms with Crippen molar-refractivity contribution >= 4 is 6.09 Å². The van der Waals surface area contributed by atoms with E-state index in [1.54, 1.807) is 6.92 Å². The zero-order chi connectivity index (χ0) is 8.60. The minimum absolute atomic E-state index is 0.375. The van der Waals surface area contributed by atoms with E-state index in [0.717, 1.165) is 0 Å². The molecule has 12 heavy (non-hydrogen) atoms. The predicted molar refractivity (Wildman–Crippen MR) is 43.4 cm³/mol. The van der Waals surface area contributed by atoms with Crippen LogP contribution in [0.4, 0.5) is 4.79 Å². The lowest BCUT2D eigenvalue weighted by Gasteiger charge is -2.05. The summed E-state index contributed by atoms with van der Waals surface area (Å²) in [5.41, 5.74) is 6.07. The number of hydrogen-bond acceptors (Lipinski definition) is 3. The second-order valence-corrected chi connectivity index (χ2v) is 3.61. The fourth-order valence-corrected chi connectivity index (χ4v) is 1.58. The van der Waals surface area contributed by atoms with E-state index in [9.17, 15) is 4.79 Å². The minimum Gasteiger partial charge on any atom is -0.449 e. The molecule has 0 saturated heterocycles. The Labute approximate surface area is 71.6 Å². The summed E-state index contributed by atoms with van der Waals surface area (Å²) in [6.45, 7) is 2.21. The van der Waals surface area contributed by atoms with Gasteiger partial charge in [0.2, 0.25) is 0 Å². The predicted octanol–water partition coefficient (Wildman–Crippen LogP) is 0.790. The maximum Gasteiger partial charge on any atom is 0.421 e. The highest BCUT2D eigenvalue weighted by Crippen LogP contribution is 2.65. The molecule has 1 unspecified atom stereocenters. The molecule has 2 aliphatic carbocycles. The van der Waals surface area contributed by atoms with Crippen LogP contribution in [0.3, 0.4) is 0 Å². The zero-order valence-corrected chi connectivity index (χ0v) is 7.22. The summed E-state index contributed by atoms with van der Waals surface area (Å²) in [7, 11) is 0. The topological polar surface area (TPSA) is 50.4 Å². The molecular weight excluding hydrogens is 156 g/mol. The summed E-state index contributed by atoms with van der Waals surface area (Å²) < 4.78 is 4.70. The van der Waals surface area contributed by atoms with Gasteiger partial charge < -0.3 is 4.74 Å². The van der Waals surface area contributed by atoms with E-state index in [0.29, 0.717) is 18.1 Å². The summed E-state index contributed by atoms with van der Waals surface area (Å²) in [5.74, 6) is 0. The Balaban J connectivity index is 1.60. The summed E-state index contributed by atoms with van der Waals surface area (Å²) in [6, 6.07) is 0.502. The van der Waals surface area contributed by atoms with Crippen LogP contribution in [0, 0.1) is 5.41 Å². The van der Waals surface area contributed by atoms with E-state index in [1.165, 1.54) is 19.3 Å². The van der Waals surface area contributed by atoms with E-state index in [1.807, 2.05) is 0 Å². The van der Waals surface area contributed by atoms with E-state index in [-0.39, 0.29) is 6.09 Å². The maximum atomic E-state index is 10.8. The fourth-order valence-electron chi connectivity index (χ4n) is 1.58. The van der Waals surface area contributed by atoms with Crippen molar-refractivity contribution in [3.05, 3.63) is 0 Å². The highest BCUT2D eigenvalue weighted by Gasteiger charge is 2.62. The Morgan fingerprint density at radius 2 is 2.42 bits per heavy atom. The van der Waals surface area contributed by atoms with Gasteiger partial charge in [-0.05, 0) is 31.6 Å². The normalized spacial score (nSPS) is 28.2. The second-order valence-electron chi connectivity index (χ2n) is 3.61. The number of hydrazine groups is 1. The number of carbonyl (C=O) groups excluding carboxylic acids is 1.